The zero-order chi connectivity index (χ0) is 49.8. The number of Topliss-reactive ketones (excluding diaryl/α,β-unsaturated/α-hetero) is 4. The predicted octanol–water partition coefficient (Wildman–Crippen LogP) is -1.55. The summed E-state index contributed by atoms with van der Waals surface area (Å²) in [4.78, 5) is 118. The molecule has 4 amide bonds. The van der Waals surface area contributed by atoms with Crippen LogP contribution in [0, 0.1) is 29.6 Å². The van der Waals surface area contributed by atoms with Gasteiger partial charge in [0.2, 0.25) is 23.6 Å². The Labute approximate surface area is 387 Å². The van der Waals surface area contributed by atoms with Gasteiger partial charge in [0.05, 0.1) is 24.2 Å². The number of guanidine groups is 3. The number of primary amides is 1. The molecule has 0 unspecified atom stereocenters. The summed E-state index contributed by atoms with van der Waals surface area (Å²) < 4.78 is 0. The third-order valence-corrected chi connectivity index (χ3v) is 11.5. The molecule has 0 aliphatic heterocycles. The number of nitrogens with zero attached hydrogens (tertiary/aromatic N) is 3. The number of hydrogen-bond donors (Lipinski definition) is 11. The fourth-order valence-electron chi connectivity index (χ4n) is 6.76. The average molecular weight is 939 g/mol. The van der Waals surface area contributed by atoms with Crippen molar-refractivity contribution in [3.05, 3.63) is 0 Å². The average Bonchev–Trinajstić information content (AvgIpc) is 3.22. The largest absolute Gasteiger partial charge is 0.370 e. The molecule has 0 aliphatic carbocycles. The van der Waals surface area contributed by atoms with E-state index in [9.17, 15) is 38.4 Å². The molecule has 8 atom stereocenters. The van der Waals surface area contributed by atoms with Crippen molar-refractivity contribution in [2.45, 2.75) is 129 Å². The Morgan fingerprint density at radius 2 is 0.954 bits per heavy atom. The summed E-state index contributed by atoms with van der Waals surface area (Å²) in [5.74, 6) is -7.28. The molecule has 0 aromatic carbocycles. The molecule has 370 valence electrons. The fraction of sp³-hybridized carbons (Fsp3) is 0.738. The highest BCUT2D eigenvalue weighted by molar-refractivity contribution is 7.98. The summed E-state index contributed by atoms with van der Waals surface area (Å²) in [6.07, 6.45) is 3.30. The number of ketones is 4. The van der Waals surface area contributed by atoms with Crippen LogP contribution in [0.1, 0.15) is 105 Å². The van der Waals surface area contributed by atoms with Gasteiger partial charge in [-0.15, -0.1) is 0 Å². The van der Waals surface area contributed by atoms with Gasteiger partial charge in [-0.1, -0.05) is 20.8 Å². The molecule has 22 nitrogen and oxygen atoms in total. The molecular weight excluding hydrogens is 861 g/mol. The molecule has 0 spiro atoms. The molecule has 0 radical (unpaired) electrons. The zero-order valence-electron chi connectivity index (χ0n) is 39.4. The van der Waals surface area contributed by atoms with Gasteiger partial charge in [0.1, 0.15) is 0 Å². The number of carbonyl (C=O) groups excluding carboxylic acids is 8. The summed E-state index contributed by atoms with van der Waals surface area (Å²) in [6, 6.07) is -3.66. The highest BCUT2D eigenvalue weighted by Crippen LogP contribution is 2.21. The molecule has 0 fully saturated rings. The van der Waals surface area contributed by atoms with E-state index >= 15 is 0 Å². The van der Waals surface area contributed by atoms with Gasteiger partial charge in [-0.25, -0.2) is 0 Å². The highest BCUT2D eigenvalue weighted by Gasteiger charge is 2.34. The van der Waals surface area contributed by atoms with Crippen LogP contribution in [0.2, 0.25) is 0 Å². The topological polar surface area (TPSA) is 404 Å². The Morgan fingerprint density at radius 1 is 0.508 bits per heavy atom. The number of amides is 4. The summed E-state index contributed by atoms with van der Waals surface area (Å²) in [6.45, 7) is 8.71. The van der Waals surface area contributed by atoms with Gasteiger partial charge < -0.3 is 61.4 Å². The third kappa shape index (κ3) is 25.7. The zero-order valence-corrected chi connectivity index (χ0v) is 40.2. The van der Waals surface area contributed by atoms with Crippen LogP contribution in [0.5, 0.6) is 0 Å². The Hall–Kier alpha value is -5.32. The maximum atomic E-state index is 13.9. The van der Waals surface area contributed by atoms with E-state index in [1.807, 2.05) is 6.26 Å². The Morgan fingerprint density at radius 3 is 1.40 bits per heavy atom. The predicted molar refractivity (Wildman–Crippen MR) is 255 cm³/mol. The number of nitrogens with one attached hydrogen (secondary N) is 4. The first-order valence-electron chi connectivity index (χ1n) is 22.1. The van der Waals surface area contributed by atoms with Crippen molar-refractivity contribution in [1.29, 1.82) is 0 Å². The van der Waals surface area contributed by atoms with Crippen LogP contribution in [0.15, 0.2) is 15.0 Å². The van der Waals surface area contributed by atoms with Crippen molar-refractivity contribution < 1.29 is 38.4 Å². The maximum absolute atomic E-state index is 13.9. The summed E-state index contributed by atoms with van der Waals surface area (Å²) in [7, 11) is 1.64. The minimum Gasteiger partial charge on any atom is -0.370 e. The number of thioether (sulfide) groups is 1. The Balaban J connectivity index is 6.03. The lowest BCUT2D eigenvalue weighted by atomic mass is 9.86. The molecule has 0 aromatic rings. The summed E-state index contributed by atoms with van der Waals surface area (Å²) in [5, 5.41) is 11.1. The third-order valence-electron chi connectivity index (χ3n) is 10.9. The standard InChI is InChI=1S/C42H78N14O8S/c1-23(2)29(22-35(60)31(13-10-17-53-42(48)49)56-37(62)24(3)19-34(59)30(50-6)12-9-16-52-41(46)47)39(64)55-26(5)33(58)21-28(11-8-15-51-40(44)45)38(63)54-25(4)32(57)20-27(36(43)61)14-18-65-7/h23-31,50H,8-22H2,1-7H3,(H2,43,61)(H,54,63)(H,55,64)(H,56,62)(H4,44,45,51)(H4,46,47,52)(H4,48,49,53)/t24-,25+,26+,27-,28-,29+,30+,31+/m1/s1. The normalized spacial score (nSPS) is 14.8. The Bertz CT molecular complexity index is 1660. The molecular formula is C42H78N14O8S. The lowest BCUT2D eigenvalue weighted by molar-refractivity contribution is -0.136. The van der Waals surface area contributed by atoms with Crippen LogP contribution in [0.3, 0.4) is 0 Å². The van der Waals surface area contributed by atoms with Gasteiger partial charge in [-0.3, -0.25) is 53.3 Å². The second-order valence-corrected chi connectivity index (χ2v) is 17.7. The monoisotopic (exact) mass is 939 g/mol. The maximum Gasteiger partial charge on any atom is 0.224 e. The van der Waals surface area contributed by atoms with Gasteiger partial charge in [-0.2, -0.15) is 11.8 Å². The van der Waals surface area contributed by atoms with E-state index in [2.05, 4.69) is 36.2 Å². The smallest absolute Gasteiger partial charge is 0.224 e. The van der Waals surface area contributed by atoms with Crippen molar-refractivity contribution in [2.24, 2.45) is 84.7 Å². The van der Waals surface area contributed by atoms with Crippen LogP contribution in [0.25, 0.3) is 0 Å². The van der Waals surface area contributed by atoms with Crippen LogP contribution >= 0.6 is 11.8 Å². The summed E-state index contributed by atoms with van der Waals surface area (Å²) >= 11 is 1.51. The molecule has 0 aliphatic rings. The van der Waals surface area contributed by atoms with Gasteiger partial charge in [0.15, 0.2) is 41.0 Å². The van der Waals surface area contributed by atoms with E-state index in [-0.39, 0.29) is 81.2 Å². The number of aliphatic imine (C=N–C) groups is 3. The van der Waals surface area contributed by atoms with Crippen molar-refractivity contribution in [3.8, 4) is 0 Å². The van der Waals surface area contributed by atoms with Crippen molar-refractivity contribution in [3.63, 3.8) is 0 Å². The van der Waals surface area contributed by atoms with Crippen LogP contribution in [-0.4, -0.2) is 127 Å². The first kappa shape index (κ1) is 59.7. The van der Waals surface area contributed by atoms with Crippen LogP contribution < -0.4 is 61.4 Å². The van der Waals surface area contributed by atoms with Crippen molar-refractivity contribution in [2.75, 3.05) is 38.7 Å². The second kappa shape index (κ2) is 32.4. The molecule has 0 heterocycles. The molecule has 18 N–H and O–H groups in total. The minimum atomic E-state index is -1.08. The van der Waals surface area contributed by atoms with Gasteiger partial charge >= 0.3 is 0 Å². The summed E-state index contributed by atoms with van der Waals surface area (Å²) in [5.41, 5.74) is 38.1. The SMILES string of the molecule is CN[C@@H](CCCN=C(N)N)C(=O)C[C@@H](C)C(=O)N[C@@H](CCCN=C(N)N)C(=O)C[C@H](C(=O)N[C@@H](C)C(=O)C[C@@H](CCCN=C(N)N)C(=O)N[C@@H](C)C(=O)C[C@@H](CCSC)C(N)=O)C(C)C. The van der Waals surface area contributed by atoms with Crippen LogP contribution in [0.4, 0.5) is 0 Å². The number of hydrogen-bond acceptors (Lipinski definition) is 13. The Kier molecular flexibility index (Phi) is 29.7. The first-order chi connectivity index (χ1) is 30.4. The van der Waals surface area contributed by atoms with E-state index < -0.39 is 88.8 Å². The van der Waals surface area contributed by atoms with Crippen molar-refractivity contribution in [1.82, 2.24) is 21.3 Å². The number of nitrogens with two attached hydrogens (primary N) is 7. The van der Waals surface area contributed by atoms with E-state index in [4.69, 9.17) is 40.1 Å². The number of likely N-dealkylation sites (N-methyl/N-ethyl adjacent to an activating group) is 1. The van der Waals surface area contributed by atoms with E-state index in [0.29, 0.717) is 44.4 Å². The quantitative estimate of drug-likeness (QED) is 0.0192. The number of carbonyl (C=O) groups is 8. The molecule has 23 heteroatoms. The van der Waals surface area contributed by atoms with E-state index in [1.54, 1.807) is 27.8 Å². The molecule has 0 aromatic heterocycles. The van der Waals surface area contributed by atoms with Crippen LogP contribution in [-0.2, 0) is 38.4 Å². The minimum absolute atomic E-state index is 0.0512. The van der Waals surface area contributed by atoms with Gasteiger partial charge in [0, 0.05) is 69.0 Å². The molecule has 0 bridgehead atoms. The first-order valence-corrected chi connectivity index (χ1v) is 23.5. The molecule has 0 rings (SSSR count). The molecule has 65 heavy (non-hydrogen) atoms. The fourth-order valence-corrected chi connectivity index (χ4v) is 7.28. The second-order valence-electron chi connectivity index (χ2n) is 16.7. The molecule has 0 saturated carbocycles. The van der Waals surface area contributed by atoms with Crippen molar-refractivity contribution >= 4 is 76.4 Å². The highest BCUT2D eigenvalue weighted by atomic mass is 32.2. The molecule has 0 saturated heterocycles. The lowest BCUT2D eigenvalue weighted by Crippen LogP contribution is -2.48. The van der Waals surface area contributed by atoms with E-state index in [0.717, 1.165) is 0 Å². The van der Waals surface area contributed by atoms with Gasteiger partial charge in [0.25, 0.3) is 0 Å². The van der Waals surface area contributed by atoms with Gasteiger partial charge in [-0.05, 0) is 83.8 Å². The lowest BCUT2D eigenvalue weighted by Gasteiger charge is -2.26. The number of rotatable bonds is 36. The van der Waals surface area contributed by atoms with E-state index in [1.165, 1.54) is 25.6 Å².